The summed E-state index contributed by atoms with van der Waals surface area (Å²) in [6.45, 7) is 0. The second-order valence-electron chi connectivity index (χ2n) is 2.83. The van der Waals surface area contributed by atoms with E-state index in [1.807, 2.05) is 36.0 Å². The van der Waals surface area contributed by atoms with Crippen LogP contribution in [0, 0.1) is 0 Å². The van der Waals surface area contributed by atoms with Crippen LogP contribution in [0.1, 0.15) is 0 Å². The Morgan fingerprint density at radius 1 is 1.42 bits per heavy atom. The first-order chi connectivity index (χ1) is 5.70. The van der Waals surface area contributed by atoms with Crippen molar-refractivity contribution in [2.45, 2.75) is 0 Å². The van der Waals surface area contributed by atoms with Gasteiger partial charge in [-0.05, 0) is 6.07 Å². The van der Waals surface area contributed by atoms with Crippen molar-refractivity contribution in [3.63, 3.8) is 0 Å². The number of halogens is 1. The molecule has 0 aliphatic carbocycles. The number of fused-ring (bicyclic) bond motifs is 1. The van der Waals surface area contributed by atoms with E-state index in [2.05, 4.69) is 0 Å². The quantitative estimate of drug-likeness (QED) is 0.621. The lowest BCUT2D eigenvalue weighted by Gasteiger charge is -1.98. The summed E-state index contributed by atoms with van der Waals surface area (Å²) in [5, 5.41) is 1.76. The topological polar surface area (TPSA) is 30.9 Å². The highest BCUT2D eigenvalue weighted by molar-refractivity contribution is 6.36. The SMILES string of the molecule is Cn1cc(Cl)c2cccc(N)c21. The molecule has 1 aromatic heterocycles. The minimum Gasteiger partial charge on any atom is -0.397 e. The third-order valence-corrected chi connectivity index (χ3v) is 2.29. The highest BCUT2D eigenvalue weighted by atomic mass is 35.5. The number of rotatable bonds is 0. The molecule has 0 spiro atoms. The number of hydrogen-bond donors (Lipinski definition) is 1. The van der Waals surface area contributed by atoms with E-state index < -0.39 is 0 Å². The largest absolute Gasteiger partial charge is 0.397 e. The number of nitrogens with zero attached hydrogens (tertiary/aromatic N) is 1. The Labute approximate surface area is 75.5 Å². The standard InChI is InChI=1S/C9H9ClN2/c1-12-5-7(10)6-3-2-4-8(11)9(6)12/h2-5H,11H2,1H3. The third kappa shape index (κ3) is 0.883. The predicted molar refractivity (Wildman–Crippen MR) is 52.3 cm³/mol. The summed E-state index contributed by atoms with van der Waals surface area (Å²) < 4.78 is 1.94. The molecule has 0 atom stereocenters. The van der Waals surface area contributed by atoms with Crippen LogP contribution in [0.3, 0.4) is 0 Å². The number of benzene rings is 1. The van der Waals surface area contributed by atoms with Crippen LogP contribution in [0.2, 0.25) is 5.02 Å². The lowest BCUT2D eigenvalue weighted by Crippen LogP contribution is -1.91. The zero-order valence-corrected chi connectivity index (χ0v) is 7.47. The molecule has 2 aromatic rings. The zero-order valence-electron chi connectivity index (χ0n) is 6.71. The lowest BCUT2D eigenvalue weighted by molar-refractivity contribution is 0.970. The van der Waals surface area contributed by atoms with Crippen molar-refractivity contribution in [1.29, 1.82) is 0 Å². The molecule has 0 aliphatic heterocycles. The van der Waals surface area contributed by atoms with Crippen LogP contribution >= 0.6 is 11.6 Å². The lowest BCUT2D eigenvalue weighted by atomic mass is 10.2. The molecule has 0 bridgehead atoms. The van der Waals surface area contributed by atoms with Gasteiger partial charge in [-0.2, -0.15) is 0 Å². The maximum Gasteiger partial charge on any atom is 0.0726 e. The summed E-state index contributed by atoms with van der Waals surface area (Å²) in [6, 6.07) is 5.75. The Kier molecular flexibility index (Phi) is 1.51. The maximum atomic E-state index is 5.97. The van der Waals surface area contributed by atoms with Gasteiger partial charge in [0, 0.05) is 18.6 Å². The number of hydrogen-bond acceptors (Lipinski definition) is 1. The summed E-state index contributed by atoms with van der Waals surface area (Å²) in [6.07, 6.45) is 1.86. The van der Waals surface area contributed by atoms with Crippen LogP contribution in [-0.4, -0.2) is 4.57 Å². The van der Waals surface area contributed by atoms with Crippen LogP contribution in [0.4, 0.5) is 5.69 Å². The Balaban J connectivity index is 2.99. The molecule has 3 heteroatoms. The second kappa shape index (κ2) is 2.42. The van der Waals surface area contributed by atoms with Crippen LogP contribution in [-0.2, 0) is 7.05 Å². The normalized spacial score (nSPS) is 10.8. The average molecular weight is 181 g/mol. The minimum absolute atomic E-state index is 0.750. The van der Waals surface area contributed by atoms with E-state index in [0.717, 1.165) is 21.6 Å². The van der Waals surface area contributed by atoms with Crippen molar-refractivity contribution in [2.75, 3.05) is 5.73 Å². The average Bonchev–Trinajstić information content (AvgIpc) is 2.29. The molecule has 12 heavy (non-hydrogen) atoms. The van der Waals surface area contributed by atoms with Gasteiger partial charge in [-0.15, -0.1) is 0 Å². The van der Waals surface area contributed by atoms with E-state index in [1.165, 1.54) is 0 Å². The van der Waals surface area contributed by atoms with Crippen molar-refractivity contribution in [3.05, 3.63) is 29.4 Å². The molecular formula is C9H9ClN2. The van der Waals surface area contributed by atoms with Gasteiger partial charge in [0.1, 0.15) is 0 Å². The molecular weight excluding hydrogens is 172 g/mol. The Morgan fingerprint density at radius 3 is 2.83 bits per heavy atom. The van der Waals surface area contributed by atoms with Gasteiger partial charge >= 0.3 is 0 Å². The molecule has 2 rings (SSSR count). The number of nitrogen functional groups attached to an aromatic ring is 1. The van der Waals surface area contributed by atoms with Crippen molar-refractivity contribution < 1.29 is 0 Å². The smallest absolute Gasteiger partial charge is 0.0726 e. The van der Waals surface area contributed by atoms with Crippen LogP contribution in [0.5, 0.6) is 0 Å². The van der Waals surface area contributed by atoms with Gasteiger partial charge in [-0.1, -0.05) is 23.7 Å². The second-order valence-corrected chi connectivity index (χ2v) is 3.24. The number of para-hydroxylation sites is 1. The van der Waals surface area contributed by atoms with E-state index in [0.29, 0.717) is 0 Å². The van der Waals surface area contributed by atoms with Crippen LogP contribution < -0.4 is 5.73 Å². The highest BCUT2D eigenvalue weighted by Gasteiger charge is 2.05. The number of aromatic nitrogens is 1. The fraction of sp³-hybridized carbons (Fsp3) is 0.111. The maximum absolute atomic E-state index is 5.97. The first-order valence-corrected chi connectivity index (χ1v) is 4.07. The predicted octanol–water partition coefficient (Wildman–Crippen LogP) is 2.41. The van der Waals surface area contributed by atoms with Crippen molar-refractivity contribution in [2.24, 2.45) is 7.05 Å². The fourth-order valence-electron chi connectivity index (χ4n) is 1.45. The molecule has 1 aromatic carbocycles. The number of nitrogens with two attached hydrogens (primary N) is 1. The molecule has 0 amide bonds. The Hall–Kier alpha value is -1.15. The first kappa shape index (κ1) is 7.50. The summed E-state index contributed by atoms with van der Waals surface area (Å²) in [7, 11) is 1.94. The summed E-state index contributed by atoms with van der Waals surface area (Å²) in [5.74, 6) is 0. The first-order valence-electron chi connectivity index (χ1n) is 3.69. The molecule has 0 aliphatic rings. The van der Waals surface area contributed by atoms with E-state index in [-0.39, 0.29) is 0 Å². The molecule has 2 N–H and O–H groups in total. The highest BCUT2D eigenvalue weighted by Crippen LogP contribution is 2.28. The molecule has 0 saturated carbocycles. The molecule has 0 radical (unpaired) electrons. The molecule has 0 saturated heterocycles. The zero-order chi connectivity index (χ0) is 8.72. The Bertz CT molecular complexity index is 431. The van der Waals surface area contributed by atoms with Gasteiger partial charge in [-0.25, -0.2) is 0 Å². The summed E-state index contributed by atoms with van der Waals surface area (Å²) >= 11 is 5.97. The van der Waals surface area contributed by atoms with Crippen molar-refractivity contribution in [1.82, 2.24) is 4.57 Å². The van der Waals surface area contributed by atoms with Gasteiger partial charge in [0.05, 0.1) is 16.2 Å². The van der Waals surface area contributed by atoms with Gasteiger partial charge in [0.25, 0.3) is 0 Å². The molecule has 2 nitrogen and oxygen atoms in total. The van der Waals surface area contributed by atoms with E-state index in [9.17, 15) is 0 Å². The molecule has 62 valence electrons. The van der Waals surface area contributed by atoms with Gasteiger partial charge in [0.2, 0.25) is 0 Å². The molecule has 0 unspecified atom stereocenters. The van der Waals surface area contributed by atoms with E-state index >= 15 is 0 Å². The van der Waals surface area contributed by atoms with E-state index in [1.54, 1.807) is 0 Å². The summed E-state index contributed by atoms with van der Waals surface area (Å²) in [5.41, 5.74) is 7.56. The molecule has 0 fully saturated rings. The number of aryl methyl sites for hydroxylation is 1. The van der Waals surface area contributed by atoms with Crippen LogP contribution in [0.15, 0.2) is 24.4 Å². The Morgan fingerprint density at radius 2 is 2.17 bits per heavy atom. The van der Waals surface area contributed by atoms with E-state index in [4.69, 9.17) is 17.3 Å². The van der Waals surface area contributed by atoms with Gasteiger partial charge < -0.3 is 10.3 Å². The molecule has 1 heterocycles. The van der Waals surface area contributed by atoms with Crippen molar-refractivity contribution in [3.8, 4) is 0 Å². The van der Waals surface area contributed by atoms with Gasteiger partial charge in [-0.3, -0.25) is 0 Å². The fourth-order valence-corrected chi connectivity index (χ4v) is 1.75. The third-order valence-electron chi connectivity index (χ3n) is 1.98. The minimum atomic E-state index is 0.750. The van der Waals surface area contributed by atoms with Gasteiger partial charge in [0.15, 0.2) is 0 Å². The summed E-state index contributed by atoms with van der Waals surface area (Å²) in [4.78, 5) is 0. The monoisotopic (exact) mass is 180 g/mol. The van der Waals surface area contributed by atoms with Crippen LogP contribution in [0.25, 0.3) is 10.9 Å². The van der Waals surface area contributed by atoms with Crippen molar-refractivity contribution >= 4 is 28.2 Å². The number of anilines is 1.